The lowest BCUT2D eigenvalue weighted by atomic mass is 10.3. The van der Waals surface area contributed by atoms with Crippen LogP contribution in [0.4, 0.5) is 0 Å². The smallest absolute Gasteiger partial charge is 0.228 e. The third kappa shape index (κ3) is 2.11. The van der Waals surface area contributed by atoms with Crippen molar-refractivity contribution in [2.45, 2.75) is 20.3 Å². The van der Waals surface area contributed by atoms with Gasteiger partial charge in [-0.05, 0) is 6.42 Å². The monoisotopic (exact) mass is 182 g/mol. The minimum atomic E-state index is 0.212. The van der Waals surface area contributed by atoms with Crippen molar-refractivity contribution in [1.82, 2.24) is 0 Å². The van der Waals surface area contributed by atoms with Crippen molar-refractivity contribution < 1.29 is 14.4 Å². The number of hydrogen-bond donors (Lipinski definition) is 1. The molecule has 0 aliphatic heterocycles. The predicted molar refractivity (Wildman–Crippen MR) is 49.8 cm³/mol. The Labute approximate surface area is 78.6 Å². The molecule has 1 rings (SSSR count). The molecule has 0 spiro atoms. The average molecular weight is 182 g/mol. The fourth-order valence-corrected chi connectivity index (χ4v) is 1.10. The number of nitrogens with zero attached hydrogens (tertiary/aromatic N) is 1. The summed E-state index contributed by atoms with van der Waals surface area (Å²) in [5, 5.41) is 9.50. The van der Waals surface area contributed by atoms with E-state index in [4.69, 9.17) is 4.74 Å². The van der Waals surface area contributed by atoms with E-state index in [1.54, 1.807) is 6.07 Å². The molecule has 0 saturated heterocycles. The second-order valence-corrected chi connectivity index (χ2v) is 3.07. The van der Waals surface area contributed by atoms with Crippen molar-refractivity contribution in [1.29, 1.82) is 0 Å². The quantitative estimate of drug-likeness (QED) is 0.715. The second kappa shape index (κ2) is 4.12. The number of rotatable bonds is 3. The van der Waals surface area contributed by atoms with Gasteiger partial charge in [-0.1, -0.05) is 6.92 Å². The third-order valence-corrected chi connectivity index (χ3v) is 2.00. The summed E-state index contributed by atoms with van der Waals surface area (Å²) in [4.78, 5) is 0. The van der Waals surface area contributed by atoms with Gasteiger partial charge >= 0.3 is 0 Å². The zero-order valence-corrected chi connectivity index (χ0v) is 8.37. The molecule has 0 bridgehead atoms. The van der Waals surface area contributed by atoms with Crippen LogP contribution in [-0.2, 0) is 7.05 Å². The van der Waals surface area contributed by atoms with E-state index < -0.39 is 0 Å². The van der Waals surface area contributed by atoms with Gasteiger partial charge in [-0.15, -0.1) is 0 Å². The molecule has 0 radical (unpaired) electrons. The maximum absolute atomic E-state index is 9.50. The molecule has 0 aromatic carbocycles. The van der Waals surface area contributed by atoms with Crippen molar-refractivity contribution in [3.05, 3.63) is 18.0 Å². The van der Waals surface area contributed by atoms with Crippen molar-refractivity contribution in [3.63, 3.8) is 0 Å². The topological polar surface area (TPSA) is 33.3 Å². The minimum Gasteiger partial charge on any atom is -0.504 e. The fraction of sp³-hybridized carbons (Fsp3) is 0.500. The highest BCUT2D eigenvalue weighted by Crippen LogP contribution is 2.26. The van der Waals surface area contributed by atoms with Crippen LogP contribution in [0.5, 0.6) is 11.5 Å². The van der Waals surface area contributed by atoms with Crippen molar-refractivity contribution in [3.8, 4) is 11.5 Å². The molecule has 0 atom stereocenters. The van der Waals surface area contributed by atoms with Gasteiger partial charge in [0.1, 0.15) is 7.05 Å². The third-order valence-electron chi connectivity index (χ3n) is 2.00. The number of ether oxygens (including phenoxy) is 1. The van der Waals surface area contributed by atoms with Crippen LogP contribution in [0.1, 0.15) is 19.0 Å². The lowest BCUT2D eigenvalue weighted by Gasteiger charge is -2.07. The van der Waals surface area contributed by atoms with Crippen LogP contribution in [0.25, 0.3) is 0 Å². The van der Waals surface area contributed by atoms with Gasteiger partial charge in [0, 0.05) is 13.0 Å². The van der Waals surface area contributed by atoms with E-state index in [2.05, 4.69) is 0 Å². The van der Waals surface area contributed by atoms with Gasteiger partial charge in [0.25, 0.3) is 0 Å². The van der Waals surface area contributed by atoms with Gasteiger partial charge in [-0.25, -0.2) is 4.57 Å². The highest BCUT2D eigenvalue weighted by molar-refractivity contribution is 5.38. The molecule has 3 nitrogen and oxygen atoms in total. The molecule has 0 aliphatic carbocycles. The van der Waals surface area contributed by atoms with Crippen LogP contribution in [0, 0.1) is 6.92 Å². The Bertz CT molecular complexity index is 297. The van der Waals surface area contributed by atoms with Crippen LogP contribution >= 0.6 is 0 Å². The summed E-state index contributed by atoms with van der Waals surface area (Å²) in [5.74, 6) is 0.802. The molecule has 0 fully saturated rings. The summed E-state index contributed by atoms with van der Waals surface area (Å²) in [6.45, 7) is 4.60. The van der Waals surface area contributed by atoms with Gasteiger partial charge in [0.15, 0.2) is 11.9 Å². The van der Waals surface area contributed by atoms with Gasteiger partial charge in [-0.3, -0.25) is 0 Å². The van der Waals surface area contributed by atoms with Crippen LogP contribution in [0.3, 0.4) is 0 Å². The van der Waals surface area contributed by atoms with Crippen LogP contribution in [0.15, 0.2) is 12.3 Å². The highest BCUT2D eigenvalue weighted by atomic mass is 16.5. The summed E-state index contributed by atoms with van der Waals surface area (Å²) in [6, 6.07) is 1.64. The standard InChI is InChI=1S/C10H15NO2/c1-4-7-13-10-8(2)11(3)6-5-9(10)12/h5-6H,4,7H2,1-3H3/p+1. The molecule has 0 aliphatic rings. The maximum Gasteiger partial charge on any atom is 0.228 e. The molecule has 72 valence electrons. The molecular formula is C10H16NO2+. The lowest BCUT2D eigenvalue weighted by Crippen LogP contribution is -2.31. The highest BCUT2D eigenvalue weighted by Gasteiger charge is 2.14. The Morgan fingerprint density at radius 2 is 2.23 bits per heavy atom. The first-order chi connectivity index (χ1) is 6.16. The predicted octanol–water partition coefficient (Wildman–Crippen LogP) is 1.31. The van der Waals surface area contributed by atoms with Crippen LogP contribution in [0.2, 0.25) is 0 Å². The fourth-order valence-electron chi connectivity index (χ4n) is 1.10. The molecule has 13 heavy (non-hydrogen) atoms. The van der Waals surface area contributed by atoms with Crippen LogP contribution in [-0.4, -0.2) is 11.7 Å². The zero-order valence-electron chi connectivity index (χ0n) is 8.37. The Morgan fingerprint density at radius 3 is 2.85 bits per heavy atom. The zero-order chi connectivity index (χ0) is 9.84. The first-order valence-corrected chi connectivity index (χ1v) is 4.47. The normalized spacial score (nSPS) is 10.1. The Balaban J connectivity index is 2.96. The van der Waals surface area contributed by atoms with Gasteiger partial charge < -0.3 is 9.84 Å². The number of hydrogen-bond acceptors (Lipinski definition) is 2. The van der Waals surface area contributed by atoms with Crippen molar-refractivity contribution >= 4 is 0 Å². The van der Waals surface area contributed by atoms with Crippen LogP contribution < -0.4 is 9.30 Å². The molecule has 1 N–H and O–H groups in total. The van der Waals surface area contributed by atoms with Gasteiger partial charge in [-0.2, -0.15) is 0 Å². The maximum atomic E-state index is 9.50. The minimum absolute atomic E-state index is 0.212. The van der Waals surface area contributed by atoms with E-state index in [9.17, 15) is 5.11 Å². The molecule has 1 aromatic heterocycles. The number of aromatic nitrogens is 1. The molecule has 0 saturated carbocycles. The van der Waals surface area contributed by atoms with E-state index in [0.29, 0.717) is 12.4 Å². The van der Waals surface area contributed by atoms with Crippen molar-refractivity contribution in [2.24, 2.45) is 7.05 Å². The Hall–Kier alpha value is -1.25. The molecule has 0 amide bonds. The first-order valence-electron chi connectivity index (χ1n) is 4.47. The number of pyridine rings is 1. The van der Waals surface area contributed by atoms with E-state index in [1.807, 2.05) is 31.7 Å². The van der Waals surface area contributed by atoms with E-state index >= 15 is 0 Å². The summed E-state index contributed by atoms with van der Waals surface area (Å²) < 4.78 is 7.35. The summed E-state index contributed by atoms with van der Waals surface area (Å²) >= 11 is 0. The average Bonchev–Trinajstić information content (AvgIpc) is 2.12. The van der Waals surface area contributed by atoms with Gasteiger partial charge in [0.2, 0.25) is 11.4 Å². The lowest BCUT2D eigenvalue weighted by molar-refractivity contribution is -0.678. The first kappa shape index (κ1) is 9.84. The Kier molecular flexibility index (Phi) is 3.12. The largest absolute Gasteiger partial charge is 0.504 e. The summed E-state index contributed by atoms with van der Waals surface area (Å²) in [6.07, 6.45) is 2.75. The van der Waals surface area contributed by atoms with E-state index in [-0.39, 0.29) is 5.75 Å². The Morgan fingerprint density at radius 1 is 1.54 bits per heavy atom. The van der Waals surface area contributed by atoms with E-state index in [0.717, 1.165) is 12.1 Å². The van der Waals surface area contributed by atoms with Crippen molar-refractivity contribution in [2.75, 3.05) is 6.61 Å². The second-order valence-electron chi connectivity index (χ2n) is 3.07. The number of aromatic hydroxyl groups is 1. The summed E-state index contributed by atoms with van der Waals surface area (Å²) in [5.41, 5.74) is 0.938. The van der Waals surface area contributed by atoms with E-state index in [1.165, 1.54) is 0 Å². The molecule has 0 unspecified atom stereocenters. The molecular weight excluding hydrogens is 166 g/mol. The summed E-state index contributed by atoms with van der Waals surface area (Å²) in [7, 11) is 1.92. The molecule has 1 aromatic rings. The van der Waals surface area contributed by atoms with Gasteiger partial charge in [0.05, 0.1) is 6.61 Å². The molecule has 1 heterocycles. The molecule has 3 heteroatoms. The SMILES string of the molecule is CCCOc1c(O)cc[n+](C)c1C. The number of aryl methyl sites for hydroxylation is 1.